The van der Waals surface area contributed by atoms with E-state index in [1.807, 2.05) is 6.92 Å². The van der Waals surface area contributed by atoms with Gasteiger partial charge in [-0.2, -0.15) is 10.2 Å². The van der Waals surface area contributed by atoms with Gasteiger partial charge in [0.1, 0.15) is 0 Å². The van der Waals surface area contributed by atoms with Gasteiger partial charge in [0.15, 0.2) is 0 Å². The van der Waals surface area contributed by atoms with Crippen molar-refractivity contribution in [3.63, 3.8) is 0 Å². The van der Waals surface area contributed by atoms with E-state index < -0.39 is 0 Å². The van der Waals surface area contributed by atoms with Gasteiger partial charge in [0.05, 0.1) is 30.2 Å². The molecule has 6 nitrogen and oxygen atoms in total. The fraction of sp³-hybridized carbons (Fsp3) is 0.583. The average molecular weight is 252 g/mol. The van der Waals surface area contributed by atoms with E-state index in [4.69, 9.17) is 10.5 Å². The molecule has 100 valence electrons. The molecule has 1 heterocycles. The zero-order valence-corrected chi connectivity index (χ0v) is 11.1. The maximum Gasteiger partial charge on any atom is 0.255 e. The number of ether oxygens (including phenoxy) is 1. The van der Waals surface area contributed by atoms with Crippen molar-refractivity contribution in [2.75, 3.05) is 33.4 Å². The van der Waals surface area contributed by atoms with Gasteiger partial charge >= 0.3 is 0 Å². The Morgan fingerprint density at radius 2 is 2.11 bits per heavy atom. The monoisotopic (exact) mass is 252 g/mol. The molecule has 0 unspecified atom stereocenters. The molecule has 1 rings (SSSR count). The number of carbonyl (C=O) groups excluding carboxylic acids is 1. The normalized spacial score (nSPS) is 10.4. The summed E-state index contributed by atoms with van der Waals surface area (Å²) in [6.07, 6.45) is 0. The fourth-order valence-electron chi connectivity index (χ4n) is 1.46. The molecule has 1 amide bonds. The molecule has 0 saturated heterocycles. The van der Waals surface area contributed by atoms with Crippen molar-refractivity contribution in [3.8, 4) is 0 Å². The molecule has 0 aromatic carbocycles. The van der Waals surface area contributed by atoms with E-state index in [1.54, 1.807) is 24.9 Å². The Morgan fingerprint density at radius 3 is 2.78 bits per heavy atom. The van der Waals surface area contributed by atoms with Gasteiger partial charge < -0.3 is 15.4 Å². The standard InChI is InChI=1S/C12H20N4O2/c1-9-8-11(10(2)15-14-9)12(17)16(3)5-7-18-6-4-13/h8H,4-7,13H2,1-3H3. The quantitative estimate of drug-likeness (QED) is 0.728. The number of likely N-dealkylation sites (N-methyl/N-ethyl adjacent to an activating group) is 1. The Hall–Kier alpha value is -1.53. The van der Waals surface area contributed by atoms with Crippen molar-refractivity contribution in [3.05, 3.63) is 23.0 Å². The Labute approximate surface area is 107 Å². The second-order valence-electron chi connectivity index (χ2n) is 4.11. The molecule has 0 aliphatic rings. The van der Waals surface area contributed by atoms with Crippen LogP contribution in [0.2, 0.25) is 0 Å². The first-order valence-electron chi connectivity index (χ1n) is 5.90. The lowest BCUT2D eigenvalue weighted by molar-refractivity contribution is 0.0703. The lowest BCUT2D eigenvalue weighted by Crippen LogP contribution is -2.31. The number of carbonyl (C=O) groups is 1. The molecule has 0 aliphatic carbocycles. The van der Waals surface area contributed by atoms with Gasteiger partial charge in [-0.25, -0.2) is 0 Å². The van der Waals surface area contributed by atoms with Crippen molar-refractivity contribution in [1.29, 1.82) is 0 Å². The topological polar surface area (TPSA) is 81.3 Å². The molecule has 1 aromatic rings. The Morgan fingerprint density at radius 1 is 1.39 bits per heavy atom. The number of amides is 1. The fourth-order valence-corrected chi connectivity index (χ4v) is 1.46. The number of hydrogen-bond donors (Lipinski definition) is 1. The number of aromatic nitrogens is 2. The van der Waals surface area contributed by atoms with Crippen LogP contribution in [0.1, 0.15) is 21.7 Å². The number of rotatable bonds is 6. The minimum atomic E-state index is -0.0677. The van der Waals surface area contributed by atoms with Gasteiger partial charge in [-0.3, -0.25) is 4.79 Å². The second kappa shape index (κ2) is 7.03. The Bertz CT molecular complexity index is 409. The summed E-state index contributed by atoms with van der Waals surface area (Å²) in [6.45, 7) is 5.60. The smallest absolute Gasteiger partial charge is 0.255 e. The number of nitrogens with zero attached hydrogens (tertiary/aromatic N) is 3. The zero-order chi connectivity index (χ0) is 13.5. The van der Waals surface area contributed by atoms with Crippen molar-refractivity contribution in [2.24, 2.45) is 5.73 Å². The van der Waals surface area contributed by atoms with Crippen LogP contribution in [-0.4, -0.2) is 54.4 Å². The van der Waals surface area contributed by atoms with E-state index in [1.165, 1.54) is 0 Å². The van der Waals surface area contributed by atoms with Gasteiger partial charge in [-0.15, -0.1) is 0 Å². The molecule has 0 fully saturated rings. The molecule has 18 heavy (non-hydrogen) atoms. The van der Waals surface area contributed by atoms with Crippen LogP contribution in [0.4, 0.5) is 0 Å². The predicted molar refractivity (Wildman–Crippen MR) is 68.3 cm³/mol. The predicted octanol–water partition coefficient (Wildman–Crippen LogP) is 0.141. The second-order valence-corrected chi connectivity index (χ2v) is 4.11. The van der Waals surface area contributed by atoms with Crippen LogP contribution in [-0.2, 0) is 4.74 Å². The lowest BCUT2D eigenvalue weighted by Gasteiger charge is -2.18. The molecule has 6 heteroatoms. The SMILES string of the molecule is Cc1cc(C(=O)N(C)CCOCCN)c(C)nn1. The summed E-state index contributed by atoms with van der Waals surface area (Å²) in [4.78, 5) is 13.8. The van der Waals surface area contributed by atoms with Crippen molar-refractivity contribution < 1.29 is 9.53 Å². The number of nitrogens with two attached hydrogens (primary N) is 1. The highest BCUT2D eigenvalue weighted by atomic mass is 16.5. The molecular weight excluding hydrogens is 232 g/mol. The molecule has 0 spiro atoms. The van der Waals surface area contributed by atoms with Crippen LogP contribution in [0.5, 0.6) is 0 Å². The summed E-state index contributed by atoms with van der Waals surface area (Å²) in [5.74, 6) is -0.0677. The zero-order valence-electron chi connectivity index (χ0n) is 11.1. The maximum absolute atomic E-state index is 12.2. The van der Waals surface area contributed by atoms with Gasteiger partial charge in [-0.05, 0) is 19.9 Å². The van der Waals surface area contributed by atoms with E-state index in [0.717, 1.165) is 5.69 Å². The van der Waals surface area contributed by atoms with Crippen LogP contribution in [0.25, 0.3) is 0 Å². The lowest BCUT2D eigenvalue weighted by atomic mass is 10.2. The van der Waals surface area contributed by atoms with Gasteiger partial charge in [0, 0.05) is 20.1 Å². The largest absolute Gasteiger partial charge is 0.378 e. The van der Waals surface area contributed by atoms with Crippen LogP contribution >= 0.6 is 0 Å². The average Bonchev–Trinajstić information content (AvgIpc) is 2.36. The summed E-state index contributed by atoms with van der Waals surface area (Å²) in [5.41, 5.74) is 7.27. The van der Waals surface area contributed by atoms with E-state index in [2.05, 4.69) is 10.2 Å². The third-order valence-electron chi connectivity index (χ3n) is 2.51. The highest BCUT2D eigenvalue weighted by molar-refractivity contribution is 5.95. The highest BCUT2D eigenvalue weighted by Gasteiger charge is 2.15. The molecule has 2 N–H and O–H groups in total. The first-order valence-corrected chi connectivity index (χ1v) is 5.90. The maximum atomic E-state index is 12.2. The molecule has 0 bridgehead atoms. The van der Waals surface area contributed by atoms with Gasteiger partial charge in [-0.1, -0.05) is 0 Å². The summed E-state index contributed by atoms with van der Waals surface area (Å²) < 4.78 is 5.25. The number of hydrogen-bond acceptors (Lipinski definition) is 5. The van der Waals surface area contributed by atoms with Crippen LogP contribution in [0, 0.1) is 13.8 Å². The van der Waals surface area contributed by atoms with E-state index in [9.17, 15) is 4.79 Å². The van der Waals surface area contributed by atoms with Crippen LogP contribution in [0.3, 0.4) is 0 Å². The van der Waals surface area contributed by atoms with Crippen LogP contribution in [0.15, 0.2) is 6.07 Å². The Balaban J connectivity index is 2.60. The van der Waals surface area contributed by atoms with Crippen molar-refractivity contribution in [1.82, 2.24) is 15.1 Å². The first kappa shape index (κ1) is 14.5. The summed E-state index contributed by atoms with van der Waals surface area (Å²) in [7, 11) is 1.74. The molecule has 0 atom stereocenters. The van der Waals surface area contributed by atoms with Gasteiger partial charge in [0.25, 0.3) is 5.91 Å². The first-order chi connectivity index (χ1) is 8.56. The van der Waals surface area contributed by atoms with E-state index in [-0.39, 0.29) is 5.91 Å². The summed E-state index contributed by atoms with van der Waals surface area (Å²) in [6, 6.07) is 1.75. The summed E-state index contributed by atoms with van der Waals surface area (Å²) >= 11 is 0. The van der Waals surface area contributed by atoms with Crippen LogP contribution < -0.4 is 5.73 Å². The molecule has 0 aliphatic heterocycles. The Kier molecular flexibility index (Phi) is 5.67. The van der Waals surface area contributed by atoms with Crippen molar-refractivity contribution >= 4 is 5.91 Å². The molecule has 1 aromatic heterocycles. The minimum Gasteiger partial charge on any atom is -0.378 e. The van der Waals surface area contributed by atoms with E-state index in [0.29, 0.717) is 37.6 Å². The minimum absolute atomic E-state index is 0.0677. The number of aryl methyl sites for hydroxylation is 2. The molecular formula is C12H20N4O2. The van der Waals surface area contributed by atoms with Gasteiger partial charge in [0.2, 0.25) is 0 Å². The highest BCUT2D eigenvalue weighted by Crippen LogP contribution is 2.08. The molecule has 0 radical (unpaired) electrons. The molecule has 0 saturated carbocycles. The third kappa shape index (κ3) is 4.05. The third-order valence-corrected chi connectivity index (χ3v) is 2.51. The van der Waals surface area contributed by atoms with Crippen molar-refractivity contribution in [2.45, 2.75) is 13.8 Å². The van der Waals surface area contributed by atoms with E-state index >= 15 is 0 Å². The summed E-state index contributed by atoms with van der Waals surface area (Å²) in [5, 5.41) is 7.85.